The van der Waals surface area contributed by atoms with Crippen LogP contribution in [0.2, 0.25) is 0 Å². The fourth-order valence-electron chi connectivity index (χ4n) is 1.90. The number of benzene rings is 1. The highest BCUT2D eigenvalue weighted by molar-refractivity contribution is 5.86. The number of carboxylic acid groups (broad SMARTS) is 1. The second-order valence-corrected chi connectivity index (χ2v) is 5.75. The van der Waals surface area contributed by atoms with Crippen molar-refractivity contribution in [2.75, 3.05) is 13.7 Å². The quantitative estimate of drug-likeness (QED) is 0.729. The van der Waals surface area contributed by atoms with Crippen molar-refractivity contribution in [3.05, 3.63) is 29.8 Å². The molecule has 0 aliphatic rings. The van der Waals surface area contributed by atoms with Crippen molar-refractivity contribution >= 4 is 11.9 Å². The molecule has 23 heavy (non-hydrogen) atoms. The first-order valence-corrected chi connectivity index (χ1v) is 7.63. The maximum Gasteiger partial charge on any atom is 0.330 e. The molecule has 1 rings (SSSR count). The van der Waals surface area contributed by atoms with Gasteiger partial charge in [-0.1, -0.05) is 26.0 Å². The Labute approximate surface area is 136 Å². The molecular formula is C17H25NO5. The number of methoxy groups -OCH3 is 1. The first-order chi connectivity index (χ1) is 10.8. The second-order valence-electron chi connectivity index (χ2n) is 5.75. The fraction of sp³-hybridized carbons (Fsp3) is 0.529. The van der Waals surface area contributed by atoms with Crippen LogP contribution in [0.5, 0.6) is 5.75 Å². The molecule has 2 unspecified atom stereocenters. The highest BCUT2D eigenvalue weighted by Crippen LogP contribution is 2.18. The minimum Gasteiger partial charge on any atom is -0.497 e. The molecular weight excluding hydrogens is 298 g/mol. The predicted molar refractivity (Wildman–Crippen MR) is 86.4 cm³/mol. The number of carbonyl (C=O) groups is 2. The van der Waals surface area contributed by atoms with Crippen molar-refractivity contribution in [1.29, 1.82) is 0 Å². The maximum atomic E-state index is 12.1. The Balaban J connectivity index is 2.67. The molecule has 1 aromatic rings. The Hall–Kier alpha value is -2.08. The second kappa shape index (κ2) is 9.15. The Bertz CT molecular complexity index is 512. The number of hydrogen-bond donors (Lipinski definition) is 2. The third kappa shape index (κ3) is 6.28. The van der Waals surface area contributed by atoms with Gasteiger partial charge < -0.3 is 19.9 Å². The average molecular weight is 323 g/mol. The van der Waals surface area contributed by atoms with E-state index in [2.05, 4.69) is 19.2 Å². The van der Waals surface area contributed by atoms with Gasteiger partial charge >= 0.3 is 5.97 Å². The third-order valence-corrected chi connectivity index (χ3v) is 3.41. The van der Waals surface area contributed by atoms with Gasteiger partial charge in [-0.15, -0.1) is 0 Å². The molecule has 0 aliphatic carbocycles. The van der Waals surface area contributed by atoms with Gasteiger partial charge in [-0.3, -0.25) is 4.79 Å². The van der Waals surface area contributed by atoms with Crippen molar-refractivity contribution in [3.63, 3.8) is 0 Å². The van der Waals surface area contributed by atoms with Crippen LogP contribution in [0.3, 0.4) is 0 Å². The van der Waals surface area contributed by atoms with Gasteiger partial charge in [0.25, 0.3) is 0 Å². The summed E-state index contributed by atoms with van der Waals surface area (Å²) in [5.74, 6) is -0.471. The molecule has 0 fully saturated rings. The van der Waals surface area contributed by atoms with Gasteiger partial charge in [0.05, 0.1) is 7.11 Å². The Morgan fingerprint density at radius 1 is 1.17 bits per heavy atom. The van der Waals surface area contributed by atoms with E-state index in [0.717, 1.165) is 6.42 Å². The molecule has 0 spiro atoms. The van der Waals surface area contributed by atoms with Crippen molar-refractivity contribution in [2.45, 2.75) is 39.3 Å². The van der Waals surface area contributed by atoms with E-state index in [1.54, 1.807) is 31.2 Å². The third-order valence-electron chi connectivity index (χ3n) is 3.41. The summed E-state index contributed by atoms with van der Waals surface area (Å²) in [6, 6.07) is 5.41. The molecule has 0 aromatic heterocycles. The molecule has 1 aromatic carbocycles. The van der Waals surface area contributed by atoms with E-state index in [4.69, 9.17) is 9.47 Å². The van der Waals surface area contributed by atoms with Crippen LogP contribution in [0.15, 0.2) is 24.3 Å². The molecule has 0 radical (unpaired) electrons. The van der Waals surface area contributed by atoms with Crippen molar-refractivity contribution < 1.29 is 24.2 Å². The SMILES string of the molecule is COc1ccc(C(NC(=O)C(C)OCCC(C)C)C(=O)O)cc1. The lowest BCUT2D eigenvalue weighted by molar-refractivity contribution is -0.144. The summed E-state index contributed by atoms with van der Waals surface area (Å²) >= 11 is 0. The van der Waals surface area contributed by atoms with Crippen molar-refractivity contribution in [2.24, 2.45) is 5.92 Å². The first kappa shape index (κ1) is 19.0. The van der Waals surface area contributed by atoms with E-state index in [9.17, 15) is 14.7 Å². The molecule has 0 heterocycles. The van der Waals surface area contributed by atoms with Gasteiger partial charge in [0, 0.05) is 6.61 Å². The zero-order valence-corrected chi connectivity index (χ0v) is 14.0. The molecule has 6 nitrogen and oxygen atoms in total. The summed E-state index contributed by atoms with van der Waals surface area (Å²) in [6.45, 7) is 6.21. The molecule has 0 saturated carbocycles. The number of ether oxygens (including phenoxy) is 2. The molecule has 6 heteroatoms. The Kier molecular flexibility index (Phi) is 7.54. The van der Waals surface area contributed by atoms with E-state index in [1.165, 1.54) is 7.11 Å². The summed E-state index contributed by atoms with van der Waals surface area (Å²) in [5, 5.41) is 11.8. The lowest BCUT2D eigenvalue weighted by Gasteiger charge is -2.19. The van der Waals surface area contributed by atoms with E-state index < -0.39 is 24.0 Å². The van der Waals surface area contributed by atoms with Gasteiger partial charge in [-0.25, -0.2) is 4.79 Å². The minimum absolute atomic E-state index is 0.447. The van der Waals surface area contributed by atoms with E-state index in [0.29, 0.717) is 23.8 Å². The van der Waals surface area contributed by atoms with Gasteiger partial charge in [0.1, 0.15) is 11.9 Å². The molecule has 128 valence electrons. The first-order valence-electron chi connectivity index (χ1n) is 7.63. The number of hydrogen-bond acceptors (Lipinski definition) is 4. The molecule has 2 N–H and O–H groups in total. The van der Waals surface area contributed by atoms with Crippen molar-refractivity contribution in [3.8, 4) is 5.75 Å². The normalized spacial score (nSPS) is 13.4. The molecule has 1 amide bonds. The maximum absolute atomic E-state index is 12.1. The summed E-state index contributed by atoms with van der Waals surface area (Å²) in [6.07, 6.45) is 0.146. The number of aliphatic carboxylic acids is 1. The fourth-order valence-corrected chi connectivity index (χ4v) is 1.90. The van der Waals surface area contributed by atoms with Gasteiger partial charge in [-0.2, -0.15) is 0 Å². The monoisotopic (exact) mass is 323 g/mol. The molecule has 0 bridgehead atoms. The highest BCUT2D eigenvalue weighted by atomic mass is 16.5. The standard InChI is InChI=1S/C17H25NO5/c1-11(2)9-10-23-12(3)16(19)18-15(17(20)21)13-5-7-14(22-4)8-6-13/h5-8,11-12,15H,9-10H2,1-4H3,(H,18,19)(H,20,21). The zero-order valence-electron chi connectivity index (χ0n) is 14.0. The average Bonchev–Trinajstić information content (AvgIpc) is 2.51. The van der Waals surface area contributed by atoms with E-state index in [1.807, 2.05) is 0 Å². The summed E-state index contributed by atoms with van der Waals surface area (Å²) in [7, 11) is 1.53. The topological polar surface area (TPSA) is 84.9 Å². The number of carboxylic acids is 1. The number of nitrogens with one attached hydrogen (secondary N) is 1. The van der Waals surface area contributed by atoms with Crippen LogP contribution in [0.1, 0.15) is 38.8 Å². The molecule has 0 saturated heterocycles. The zero-order chi connectivity index (χ0) is 17.4. The lowest BCUT2D eigenvalue weighted by Crippen LogP contribution is -2.40. The van der Waals surface area contributed by atoms with Crippen LogP contribution in [0, 0.1) is 5.92 Å². The highest BCUT2D eigenvalue weighted by Gasteiger charge is 2.25. The van der Waals surface area contributed by atoms with E-state index in [-0.39, 0.29) is 0 Å². The van der Waals surface area contributed by atoms with Gasteiger partial charge in [-0.05, 0) is 37.0 Å². The summed E-state index contributed by atoms with van der Waals surface area (Å²) < 4.78 is 10.5. The number of carbonyl (C=O) groups excluding carboxylic acids is 1. The van der Waals surface area contributed by atoms with Crippen LogP contribution in [-0.2, 0) is 14.3 Å². The van der Waals surface area contributed by atoms with Crippen LogP contribution in [0.4, 0.5) is 0 Å². The lowest BCUT2D eigenvalue weighted by atomic mass is 10.1. The molecule has 0 aliphatic heterocycles. The largest absolute Gasteiger partial charge is 0.497 e. The van der Waals surface area contributed by atoms with Crippen LogP contribution >= 0.6 is 0 Å². The predicted octanol–water partition coefficient (Wildman–Crippen LogP) is 2.39. The van der Waals surface area contributed by atoms with Crippen LogP contribution in [0.25, 0.3) is 0 Å². The van der Waals surface area contributed by atoms with Crippen molar-refractivity contribution in [1.82, 2.24) is 5.32 Å². The van der Waals surface area contributed by atoms with Crippen LogP contribution < -0.4 is 10.1 Å². The van der Waals surface area contributed by atoms with Crippen LogP contribution in [-0.4, -0.2) is 36.8 Å². The molecule has 2 atom stereocenters. The smallest absolute Gasteiger partial charge is 0.330 e. The minimum atomic E-state index is -1.13. The van der Waals surface area contributed by atoms with E-state index >= 15 is 0 Å². The number of rotatable bonds is 9. The Morgan fingerprint density at radius 2 is 1.78 bits per heavy atom. The summed E-state index contributed by atoms with van der Waals surface area (Å²) in [4.78, 5) is 23.5. The van der Waals surface area contributed by atoms with Gasteiger partial charge in [0.2, 0.25) is 5.91 Å². The summed E-state index contributed by atoms with van der Waals surface area (Å²) in [5.41, 5.74) is 0.473. The Morgan fingerprint density at radius 3 is 2.26 bits per heavy atom. The number of amides is 1. The van der Waals surface area contributed by atoms with Gasteiger partial charge in [0.15, 0.2) is 6.04 Å².